The molecule has 18 heavy (non-hydrogen) atoms. The van der Waals surface area contributed by atoms with Gasteiger partial charge in [-0.25, -0.2) is 0 Å². The van der Waals surface area contributed by atoms with Crippen molar-refractivity contribution in [3.05, 3.63) is 41.1 Å². The highest BCUT2D eigenvalue weighted by Crippen LogP contribution is 2.15. The third-order valence-electron chi connectivity index (χ3n) is 2.59. The smallest absolute Gasteiger partial charge is 0.163 e. The fourth-order valence-corrected chi connectivity index (χ4v) is 1.68. The van der Waals surface area contributed by atoms with Gasteiger partial charge in [0, 0.05) is 6.42 Å². The molecule has 0 amide bonds. The maximum Gasteiger partial charge on any atom is 0.163 e. The van der Waals surface area contributed by atoms with Crippen LogP contribution in [-0.2, 0) is 6.42 Å². The summed E-state index contributed by atoms with van der Waals surface area (Å²) in [4.78, 5) is 0. The zero-order valence-corrected chi connectivity index (χ0v) is 10.1. The van der Waals surface area contributed by atoms with Crippen molar-refractivity contribution in [2.45, 2.75) is 13.3 Å². The van der Waals surface area contributed by atoms with E-state index in [1.165, 1.54) is 0 Å². The number of aromatic amines is 1. The van der Waals surface area contributed by atoms with Crippen molar-refractivity contribution >= 4 is 5.82 Å². The third kappa shape index (κ3) is 2.61. The van der Waals surface area contributed by atoms with Gasteiger partial charge < -0.3 is 10.5 Å². The minimum atomic E-state index is 0.239. The Morgan fingerprint density at radius 2 is 2.33 bits per heavy atom. The fourth-order valence-electron chi connectivity index (χ4n) is 1.68. The lowest BCUT2D eigenvalue weighted by Crippen LogP contribution is -2.03. The molecular formula is C13H14N4O. The van der Waals surface area contributed by atoms with E-state index in [1.54, 1.807) is 0 Å². The van der Waals surface area contributed by atoms with E-state index in [1.807, 2.05) is 37.3 Å². The van der Waals surface area contributed by atoms with Crippen LogP contribution in [0.4, 0.5) is 5.82 Å². The molecule has 1 aromatic heterocycles. The number of nitriles is 1. The highest BCUT2D eigenvalue weighted by molar-refractivity contribution is 5.50. The number of benzene rings is 1. The number of nitrogen functional groups attached to an aromatic ring is 1. The first-order valence-corrected chi connectivity index (χ1v) is 5.63. The van der Waals surface area contributed by atoms with Gasteiger partial charge in [0.2, 0.25) is 0 Å². The second kappa shape index (κ2) is 5.23. The second-order valence-electron chi connectivity index (χ2n) is 3.99. The van der Waals surface area contributed by atoms with Crippen molar-refractivity contribution in [3.63, 3.8) is 0 Å². The number of nitrogens with two attached hydrogens (primary N) is 1. The molecule has 5 heteroatoms. The van der Waals surface area contributed by atoms with E-state index < -0.39 is 0 Å². The van der Waals surface area contributed by atoms with Crippen LogP contribution in [0, 0.1) is 18.3 Å². The molecular weight excluding hydrogens is 228 g/mol. The van der Waals surface area contributed by atoms with Crippen LogP contribution in [0.5, 0.6) is 5.75 Å². The second-order valence-corrected chi connectivity index (χ2v) is 3.99. The third-order valence-corrected chi connectivity index (χ3v) is 2.59. The number of aryl methyl sites for hydroxylation is 1. The first-order chi connectivity index (χ1) is 8.70. The maximum atomic E-state index is 8.91. The number of nitrogens with zero attached hydrogens (tertiary/aromatic N) is 2. The molecule has 0 radical (unpaired) electrons. The van der Waals surface area contributed by atoms with Gasteiger partial charge in [0.25, 0.3) is 0 Å². The van der Waals surface area contributed by atoms with Crippen LogP contribution in [0.1, 0.15) is 16.8 Å². The molecule has 2 aromatic rings. The van der Waals surface area contributed by atoms with E-state index in [0.29, 0.717) is 24.3 Å². The lowest BCUT2D eigenvalue weighted by molar-refractivity contribution is 0.320. The van der Waals surface area contributed by atoms with Gasteiger partial charge in [-0.05, 0) is 24.6 Å². The number of H-pyrrole nitrogens is 1. The van der Waals surface area contributed by atoms with Crippen LogP contribution < -0.4 is 10.5 Å². The van der Waals surface area contributed by atoms with Crippen LogP contribution in [0.15, 0.2) is 24.3 Å². The van der Waals surface area contributed by atoms with Crippen LogP contribution in [0.25, 0.3) is 0 Å². The Labute approximate surface area is 105 Å². The maximum absolute atomic E-state index is 8.91. The largest absolute Gasteiger partial charge is 0.493 e. The van der Waals surface area contributed by atoms with Gasteiger partial charge in [-0.2, -0.15) is 10.4 Å². The Hall–Kier alpha value is -2.48. The molecule has 0 fully saturated rings. The van der Waals surface area contributed by atoms with Crippen LogP contribution in [0.2, 0.25) is 0 Å². The summed E-state index contributed by atoms with van der Waals surface area (Å²) < 4.78 is 5.60. The topological polar surface area (TPSA) is 87.7 Å². The van der Waals surface area contributed by atoms with Crippen LogP contribution in [0.3, 0.4) is 0 Å². The number of ether oxygens (including phenoxy) is 1. The Bertz CT molecular complexity index is 583. The van der Waals surface area contributed by atoms with Crippen molar-refractivity contribution in [1.29, 1.82) is 5.26 Å². The molecule has 0 aliphatic heterocycles. The summed E-state index contributed by atoms with van der Waals surface area (Å²) in [5.41, 5.74) is 7.81. The Balaban J connectivity index is 1.95. The molecule has 2 rings (SSSR count). The van der Waals surface area contributed by atoms with Crippen molar-refractivity contribution in [3.8, 4) is 11.8 Å². The molecule has 0 saturated heterocycles. The molecule has 1 aromatic carbocycles. The average molecular weight is 242 g/mol. The lowest BCUT2D eigenvalue weighted by Gasteiger charge is -2.05. The Kier molecular flexibility index (Phi) is 3.49. The lowest BCUT2D eigenvalue weighted by atomic mass is 10.2. The van der Waals surface area contributed by atoms with E-state index >= 15 is 0 Å². The van der Waals surface area contributed by atoms with E-state index in [0.717, 1.165) is 11.3 Å². The monoisotopic (exact) mass is 242 g/mol. The first-order valence-electron chi connectivity index (χ1n) is 5.63. The number of aromatic nitrogens is 2. The minimum absolute atomic E-state index is 0.239. The SMILES string of the molecule is Cc1cccc(OCCc2[nH]nc(N)c2C#N)c1. The van der Waals surface area contributed by atoms with Gasteiger partial charge in [-0.3, -0.25) is 5.10 Å². The number of nitrogens with one attached hydrogen (secondary N) is 1. The molecule has 5 nitrogen and oxygen atoms in total. The van der Waals surface area contributed by atoms with Gasteiger partial charge in [0.15, 0.2) is 5.82 Å². The number of rotatable bonds is 4. The van der Waals surface area contributed by atoms with Gasteiger partial charge >= 0.3 is 0 Å². The number of anilines is 1. The van der Waals surface area contributed by atoms with E-state index in [4.69, 9.17) is 15.7 Å². The highest BCUT2D eigenvalue weighted by atomic mass is 16.5. The fraction of sp³-hybridized carbons (Fsp3) is 0.231. The Morgan fingerprint density at radius 1 is 1.50 bits per heavy atom. The van der Waals surface area contributed by atoms with E-state index in [9.17, 15) is 0 Å². The van der Waals surface area contributed by atoms with E-state index in [-0.39, 0.29) is 5.82 Å². The van der Waals surface area contributed by atoms with Gasteiger partial charge in [-0.15, -0.1) is 0 Å². The normalized spacial score (nSPS) is 10.0. The predicted octanol–water partition coefficient (Wildman–Crippen LogP) is 1.79. The van der Waals surface area contributed by atoms with Crippen LogP contribution in [-0.4, -0.2) is 16.8 Å². The molecule has 3 N–H and O–H groups in total. The molecule has 0 bridgehead atoms. The number of hydrogen-bond acceptors (Lipinski definition) is 4. The zero-order valence-electron chi connectivity index (χ0n) is 10.1. The van der Waals surface area contributed by atoms with Gasteiger partial charge in [0.05, 0.1) is 12.3 Å². The van der Waals surface area contributed by atoms with Crippen molar-refractivity contribution < 1.29 is 4.74 Å². The average Bonchev–Trinajstić information content (AvgIpc) is 2.70. The van der Waals surface area contributed by atoms with Gasteiger partial charge in [-0.1, -0.05) is 12.1 Å². The highest BCUT2D eigenvalue weighted by Gasteiger charge is 2.09. The first kappa shape index (κ1) is 12.0. The quantitative estimate of drug-likeness (QED) is 0.855. The molecule has 0 unspecified atom stereocenters. The molecule has 0 aliphatic carbocycles. The summed E-state index contributed by atoms with van der Waals surface area (Å²) in [6, 6.07) is 9.85. The molecule has 92 valence electrons. The summed E-state index contributed by atoms with van der Waals surface area (Å²) in [6.07, 6.45) is 0.570. The minimum Gasteiger partial charge on any atom is -0.493 e. The molecule has 1 heterocycles. The summed E-state index contributed by atoms with van der Waals surface area (Å²) in [7, 11) is 0. The molecule has 0 atom stereocenters. The van der Waals surface area contributed by atoms with Crippen molar-refractivity contribution in [1.82, 2.24) is 10.2 Å². The summed E-state index contributed by atoms with van der Waals surface area (Å²) in [5, 5.41) is 15.5. The molecule has 0 aliphatic rings. The van der Waals surface area contributed by atoms with E-state index in [2.05, 4.69) is 10.2 Å². The van der Waals surface area contributed by atoms with Crippen molar-refractivity contribution in [2.24, 2.45) is 0 Å². The van der Waals surface area contributed by atoms with Crippen molar-refractivity contribution in [2.75, 3.05) is 12.3 Å². The number of hydrogen-bond donors (Lipinski definition) is 2. The molecule has 0 spiro atoms. The summed E-state index contributed by atoms with van der Waals surface area (Å²) >= 11 is 0. The summed E-state index contributed by atoms with van der Waals surface area (Å²) in [6.45, 7) is 2.48. The zero-order chi connectivity index (χ0) is 13.0. The summed E-state index contributed by atoms with van der Waals surface area (Å²) in [5.74, 6) is 1.06. The van der Waals surface area contributed by atoms with Crippen LogP contribution >= 0.6 is 0 Å². The Morgan fingerprint density at radius 3 is 3.06 bits per heavy atom. The standard InChI is InChI=1S/C13H14N4O/c1-9-3-2-4-10(7-9)18-6-5-12-11(8-14)13(15)17-16-12/h2-4,7H,5-6H2,1H3,(H3,15,16,17). The van der Waals surface area contributed by atoms with Gasteiger partial charge in [0.1, 0.15) is 17.4 Å². The molecule has 0 saturated carbocycles. The predicted molar refractivity (Wildman–Crippen MR) is 68.1 cm³/mol.